The van der Waals surface area contributed by atoms with Crippen molar-refractivity contribution in [1.29, 1.82) is 0 Å². The summed E-state index contributed by atoms with van der Waals surface area (Å²) in [6.45, 7) is 8.70. The van der Waals surface area contributed by atoms with Gasteiger partial charge < -0.3 is 9.84 Å². The first-order valence-electron chi connectivity index (χ1n) is 7.75. The zero-order valence-electron chi connectivity index (χ0n) is 13.5. The third-order valence-electron chi connectivity index (χ3n) is 5.04. The third kappa shape index (κ3) is 2.85. The fraction of sp³-hybridized carbons (Fsp3) is 0.667. The zero-order chi connectivity index (χ0) is 14.9. The molecule has 1 saturated carbocycles. The summed E-state index contributed by atoms with van der Waals surface area (Å²) >= 11 is 0. The molecule has 0 bridgehead atoms. The Bertz CT molecular complexity index is 469. The quantitative estimate of drug-likeness (QED) is 0.889. The van der Waals surface area contributed by atoms with Gasteiger partial charge in [0.1, 0.15) is 5.75 Å². The monoisotopic (exact) mass is 276 g/mol. The predicted octanol–water partition coefficient (Wildman–Crippen LogP) is 4.35. The van der Waals surface area contributed by atoms with Gasteiger partial charge in [0.05, 0.1) is 12.7 Å². The highest BCUT2D eigenvalue weighted by Gasteiger charge is 2.36. The highest BCUT2D eigenvalue weighted by atomic mass is 16.5. The van der Waals surface area contributed by atoms with Crippen LogP contribution < -0.4 is 4.74 Å². The number of aryl methyl sites for hydroxylation is 2. The molecule has 1 aromatic carbocycles. The Morgan fingerprint density at radius 2 is 1.75 bits per heavy atom. The summed E-state index contributed by atoms with van der Waals surface area (Å²) in [5.74, 6) is 2.39. The van der Waals surface area contributed by atoms with Gasteiger partial charge in [0, 0.05) is 0 Å². The first kappa shape index (κ1) is 15.4. The molecule has 2 nitrogen and oxygen atoms in total. The molecule has 0 saturated heterocycles. The Kier molecular flexibility index (Phi) is 4.43. The summed E-state index contributed by atoms with van der Waals surface area (Å²) in [5.41, 5.74) is 2.69. The lowest BCUT2D eigenvalue weighted by atomic mass is 9.71. The molecule has 0 amide bonds. The van der Waals surface area contributed by atoms with Crippen LogP contribution in [0, 0.1) is 25.7 Å². The van der Waals surface area contributed by atoms with Crippen molar-refractivity contribution in [3.05, 3.63) is 28.8 Å². The third-order valence-corrected chi connectivity index (χ3v) is 5.04. The van der Waals surface area contributed by atoms with Crippen molar-refractivity contribution >= 4 is 0 Å². The Hall–Kier alpha value is -1.02. The van der Waals surface area contributed by atoms with Crippen molar-refractivity contribution < 1.29 is 9.84 Å². The number of aliphatic hydroxyl groups is 1. The molecule has 1 aliphatic rings. The number of methoxy groups -OCH3 is 1. The lowest BCUT2D eigenvalue weighted by Gasteiger charge is -2.39. The van der Waals surface area contributed by atoms with Crippen molar-refractivity contribution in [2.24, 2.45) is 11.8 Å². The summed E-state index contributed by atoms with van der Waals surface area (Å²) in [6.07, 6.45) is 4.00. The molecule has 0 unspecified atom stereocenters. The Labute approximate surface area is 123 Å². The maximum Gasteiger partial charge on any atom is 0.122 e. The Balaban J connectivity index is 2.25. The van der Waals surface area contributed by atoms with Crippen LogP contribution in [0.3, 0.4) is 0 Å². The van der Waals surface area contributed by atoms with E-state index >= 15 is 0 Å². The van der Waals surface area contributed by atoms with Crippen LogP contribution in [0.4, 0.5) is 0 Å². The molecule has 112 valence electrons. The van der Waals surface area contributed by atoms with Crippen LogP contribution >= 0.6 is 0 Å². The van der Waals surface area contributed by atoms with Gasteiger partial charge in [-0.25, -0.2) is 0 Å². The number of hydrogen-bond donors (Lipinski definition) is 1. The fourth-order valence-corrected chi connectivity index (χ4v) is 3.56. The maximum absolute atomic E-state index is 11.1. The van der Waals surface area contributed by atoms with Gasteiger partial charge in [-0.3, -0.25) is 0 Å². The van der Waals surface area contributed by atoms with Gasteiger partial charge in [-0.15, -0.1) is 0 Å². The molecule has 2 rings (SSSR count). The average Bonchev–Trinajstić information content (AvgIpc) is 2.41. The lowest BCUT2D eigenvalue weighted by Crippen LogP contribution is -2.33. The number of ether oxygens (including phenoxy) is 1. The normalized spacial score (nSPS) is 26.9. The second-order valence-corrected chi connectivity index (χ2v) is 6.75. The van der Waals surface area contributed by atoms with Gasteiger partial charge in [-0.05, 0) is 80.2 Å². The summed E-state index contributed by atoms with van der Waals surface area (Å²) in [5, 5.41) is 11.1. The molecule has 20 heavy (non-hydrogen) atoms. The standard InChI is InChI=1S/C18H28O2/c1-12(2)15-6-8-18(19,9-7-15)16-10-14(4)17(20-5)11-13(16)3/h10-12,15,19H,6-9H2,1-5H3. The summed E-state index contributed by atoms with van der Waals surface area (Å²) in [6, 6.07) is 4.17. The zero-order valence-corrected chi connectivity index (χ0v) is 13.5. The van der Waals surface area contributed by atoms with E-state index in [0.717, 1.165) is 60.0 Å². The van der Waals surface area contributed by atoms with Crippen LogP contribution in [0.2, 0.25) is 0 Å². The van der Waals surface area contributed by atoms with E-state index in [2.05, 4.69) is 32.9 Å². The molecule has 0 spiro atoms. The molecular weight excluding hydrogens is 248 g/mol. The number of benzene rings is 1. The van der Waals surface area contributed by atoms with Crippen LogP contribution in [0.25, 0.3) is 0 Å². The van der Waals surface area contributed by atoms with E-state index < -0.39 is 5.60 Å². The molecular formula is C18H28O2. The highest BCUT2D eigenvalue weighted by molar-refractivity contribution is 5.44. The fourth-order valence-electron chi connectivity index (χ4n) is 3.56. The summed E-state index contributed by atoms with van der Waals surface area (Å²) in [4.78, 5) is 0. The van der Waals surface area contributed by atoms with Crippen LogP contribution in [0.5, 0.6) is 5.75 Å². The van der Waals surface area contributed by atoms with E-state index in [1.807, 2.05) is 6.92 Å². The van der Waals surface area contributed by atoms with Gasteiger partial charge in [0.2, 0.25) is 0 Å². The second kappa shape index (κ2) is 5.77. The van der Waals surface area contributed by atoms with E-state index in [1.54, 1.807) is 7.11 Å². The van der Waals surface area contributed by atoms with Gasteiger partial charge in [-0.2, -0.15) is 0 Å². The molecule has 1 fully saturated rings. The molecule has 1 aliphatic carbocycles. The molecule has 1 N–H and O–H groups in total. The molecule has 1 aromatic rings. The van der Waals surface area contributed by atoms with Gasteiger partial charge in [0.15, 0.2) is 0 Å². The molecule has 0 radical (unpaired) electrons. The minimum Gasteiger partial charge on any atom is -0.496 e. The van der Waals surface area contributed by atoms with Gasteiger partial charge >= 0.3 is 0 Å². The molecule has 0 aliphatic heterocycles. The predicted molar refractivity (Wildman–Crippen MR) is 83.2 cm³/mol. The summed E-state index contributed by atoms with van der Waals surface area (Å²) < 4.78 is 5.37. The van der Waals surface area contributed by atoms with E-state index in [1.165, 1.54) is 0 Å². The molecule has 0 atom stereocenters. The second-order valence-electron chi connectivity index (χ2n) is 6.75. The van der Waals surface area contributed by atoms with Crippen molar-refractivity contribution in [2.45, 2.75) is 59.0 Å². The minimum absolute atomic E-state index is 0.646. The van der Waals surface area contributed by atoms with E-state index in [0.29, 0.717) is 0 Å². The van der Waals surface area contributed by atoms with E-state index in [-0.39, 0.29) is 0 Å². The number of hydrogen-bond acceptors (Lipinski definition) is 2. The summed E-state index contributed by atoms with van der Waals surface area (Å²) in [7, 11) is 1.70. The van der Waals surface area contributed by atoms with E-state index in [9.17, 15) is 5.11 Å². The van der Waals surface area contributed by atoms with Crippen molar-refractivity contribution in [1.82, 2.24) is 0 Å². The molecule has 0 aromatic heterocycles. The smallest absolute Gasteiger partial charge is 0.122 e. The lowest BCUT2D eigenvalue weighted by molar-refractivity contribution is -0.0205. The average molecular weight is 276 g/mol. The Morgan fingerprint density at radius 3 is 2.25 bits per heavy atom. The SMILES string of the molecule is COc1cc(C)c(C2(O)CCC(C(C)C)CC2)cc1C. The van der Waals surface area contributed by atoms with Crippen LogP contribution in [0.1, 0.15) is 56.2 Å². The minimum atomic E-state index is -0.646. The largest absolute Gasteiger partial charge is 0.496 e. The number of rotatable bonds is 3. The van der Waals surface area contributed by atoms with Crippen molar-refractivity contribution in [3.63, 3.8) is 0 Å². The molecule has 0 heterocycles. The molecule has 2 heteroatoms. The Morgan fingerprint density at radius 1 is 1.15 bits per heavy atom. The van der Waals surface area contributed by atoms with Crippen molar-refractivity contribution in [2.75, 3.05) is 7.11 Å². The van der Waals surface area contributed by atoms with E-state index in [4.69, 9.17) is 4.74 Å². The van der Waals surface area contributed by atoms with Gasteiger partial charge in [-0.1, -0.05) is 13.8 Å². The van der Waals surface area contributed by atoms with Crippen LogP contribution in [-0.2, 0) is 5.60 Å². The van der Waals surface area contributed by atoms with Gasteiger partial charge in [0.25, 0.3) is 0 Å². The topological polar surface area (TPSA) is 29.5 Å². The van der Waals surface area contributed by atoms with Crippen LogP contribution in [0.15, 0.2) is 12.1 Å². The highest BCUT2D eigenvalue weighted by Crippen LogP contribution is 2.43. The first-order valence-corrected chi connectivity index (χ1v) is 7.75. The first-order chi connectivity index (χ1) is 9.37. The maximum atomic E-state index is 11.1. The van der Waals surface area contributed by atoms with Crippen molar-refractivity contribution in [3.8, 4) is 5.75 Å². The van der Waals surface area contributed by atoms with Crippen LogP contribution in [-0.4, -0.2) is 12.2 Å².